The first-order chi connectivity index (χ1) is 13.2. The second-order valence-corrected chi connectivity index (χ2v) is 7.05. The lowest BCUT2D eigenvalue weighted by Crippen LogP contribution is -2.24. The minimum absolute atomic E-state index is 0.0262. The molecule has 6 N–H and O–H groups in total. The molecule has 0 spiro atoms. The predicted molar refractivity (Wildman–Crippen MR) is 105 cm³/mol. The molecule has 2 aromatic heterocycles. The first kappa shape index (κ1) is 17.6. The van der Waals surface area contributed by atoms with Crippen molar-refractivity contribution in [1.29, 1.82) is 0 Å². The molecule has 27 heavy (non-hydrogen) atoms. The molecule has 10 nitrogen and oxygen atoms in total. The fourth-order valence-electron chi connectivity index (χ4n) is 2.78. The van der Waals surface area contributed by atoms with Crippen molar-refractivity contribution in [3.05, 3.63) is 18.2 Å². The van der Waals surface area contributed by atoms with Crippen molar-refractivity contribution in [3.8, 4) is 5.75 Å². The maximum Gasteiger partial charge on any atom is 0.235 e. The van der Waals surface area contributed by atoms with Gasteiger partial charge < -0.3 is 26.2 Å². The van der Waals surface area contributed by atoms with Gasteiger partial charge in [0.05, 0.1) is 16.8 Å². The Morgan fingerprint density at radius 1 is 1.26 bits per heavy atom. The van der Waals surface area contributed by atoms with Gasteiger partial charge in [-0.05, 0) is 31.2 Å². The van der Waals surface area contributed by atoms with Gasteiger partial charge in [-0.2, -0.15) is 15.0 Å². The molecule has 1 fully saturated rings. The summed E-state index contributed by atoms with van der Waals surface area (Å²) in [6, 6.07) is 5.85. The van der Waals surface area contributed by atoms with Crippen molar-refractivity contribution < 1.29 is 9.84 Å². The number of nitrogen functional groups attached to an aromatic ring is 1. The van der Waals surface area contributed by atoms with Crippen molar-refractivity contribution in [1.82, 2.24) is 25.3 Å². The van der Waals surface area contributed by atoms with Gasteiger partial charge in [0.15, 0.2) is 5.13 Å². The number of benzene rings is 1. The van der Waals surface area contributed by atoms with Crippen LogP contribution >= 0.6 is 11.3 Å². The Labute approximate surface area is 159 Å². The van der Waals surface area contributed by atoms with E-state index in [1.165, 1.54) is 11.3 Å². The van der Waals surface area contributed by atoms with E-state index in [-0.39, 0.29) is 25.2 Å². The van der Waals surface area contributed by atoms with Gasteiger partial charge in [-0.25, -0.2) is 4.98 Å². The van der Waals surface area contributed by atoms with E-state index >= 15 is 0 Å². The number of ether oxygens (including phenoxy) is 1. The molecule has 3 heterocycles. The zero-order valence-electron chi connectivity index (χ0n) is 14.5. The molecule has 0 amide bonds. The number of aromatic nitrogens is 4. The number of hydrogen-bond acceptors (Lipinski definition) is 11. The van der Waals surface area contributed by atoms with Crippen molar-refractivity contribution >= 4 is 44.5 Å². The van der Waals surface area contributed by atoms with E-state index in [2.05, 4.69) is 35.9 Å². The third-order valence-corrected chi connectivity index (χ3v) is 4.92. The highest BCUT2D eigenvalue weighted by molar-refractivity contribution is 7.22. The number of rotatable bonds is 7. The summed E-state index contributed by atoms with van der Waals surface area (Å²) >= 11 is 1.45. The average molecular weight is 388 g/mol. The van der Waals surface area contributed by atoms with E-state index in [0.717, 1.165) is 29.7 Å². The van der Waals surface area contributed by atoms with Gasteiger partial charge >= 0.3 is 0 Å². The zero-order chi connectivity index (χ0) is 18.6. The Bertz CT molecular complexity index is 928. The molecule has 0 aliphatic carbocycles. The molecule has 1 saturated heterocycles. The number of anilines is 4. The first-order valence-electron chi connectivity index (χ1n) is 8.60. The molecule has 1 aliphatic heterocycles. The fourth-order valence-corrected chi connectivity index (χ4v) is 3.67. The topological polar surface area (TPSA) is 143 Å². The summed E-state index contributed by atoms with van der Waals surface area (Å²) in [6.07, 6.45) is 1.01. The SMILES string of the molecule is Nc1nc(Nc2nc3ccc(OCCO)cc3s2)nc(NC2CCNC2)n1. The number of aliphatic hydroxyl groups excluding tert-OH is 1. The van der Waals surface area contributed by atoms with Crippen molar-refractivity contribution in [3.63, 3.8) is 0 Å². The Hall–Kier alpha value is -2.76. The number of nitrogens with one attached hydrogen (secondary N) is 3. The van der Waals surface area contributed by atoms with Crippen LogP contribution in [0.2, 0.25) is 0 Å². The number of nitrogens with two attached hydrogens (primary N) is 1. The van der Waals surface area contributed by atoms with Gasteiger partial charge in [0.25, 0.3) is 0 Å². The van der Waals surface area contributed by atoms with Crippen LogP contribution in [0.1, 0.15) is 6.42 Å². The average Bonchev–Trinajstić information content (AvgIpc) is 3.28. The summed E-state index contributed by atoms with van der Waals surface area (Å²) in [6.45, 7) is 2.07. The molecule has 1 atom stereocenters. The maximum atomic E-state index is 8.86. The lowest BCUT2D eigenvalue weighted by Gasteiger charge is -2.12. The minimum atomic E-state index is -0.0262. The molecule has 11 heteroatoms. The lowest BCUT2D eigenvalue weighted by atomic mass is 10.3. The van der Waals surface area contributed by atoms with Crippen LogP contribution in [0.3, 0.4) is 0 Å². The zero-order valence-corrected chi connectivity index (χ0v) is 15.3. The van der Waals surface area contributed by atoms with Crippen LogP contribution in [0.5, 0.6) is 5.75 Å². The third-order valence-electron chi connectivity index (χ3n) is 3.98. The van der Waals surface area contributed by atoms with Crippen LogP contribution in [-0.4, -0.2) is 57.4 Å². The van der Waals surface area contributed by atoms with Gasteiger partial charge in [-0.1, -0.05) is 11.3 Å². The Kier molecular flexibility index (Phi) is 5.14. The molecular weight excluding hydrogens is 368 g/mol. The highest BCUT2D eigenvalue weighted by atomic mass is 32.1. The number of hydrogen-bond donors (Lipinski definition) is 5. The van der Waals surface area contributed by atoms with Crippen LogP contribution < -0.4 is 26.4 Å². The lowest BCUT2D eigenvalue weighted by molar-refractivity contribution is 0.201. The molecule has 4 rings (SSSR count). The minimum Gasteiger partial charge on any atom is -0.491 e. The molecule has 1 aliphatic rings. The van der Waals surface area contributed by atoms with Gasteiger partial charge in [-0.15, -0.1) is 0 Å². The number of fused-ring (bicyclic) bond motifs is 1. The van der Waals surface area contributed by atoms with Crippen LogP contribution in [0, 0.1) is 0 Å². The number of thiazole rings is 1. The van der Waals surface area contributed by atoms with E-state index in [4.69, 9.17) is 15.6 Å². The van der Waals surface area contributed by atoms with Crippen LogP contribution in [0.4, 0.5) is 23.0 Å². The van der Waals surface area contributed by atoms with E-state index in [1.807, 2.05) is 18.2 Å². The molecule has 1 aromatic carbocycles. The molecular formula is C16H20N8O2S. The summed E-state index contributed by atoms with van der Waals surface area (Å²) in [4.78, 5) is 17.2. The van der Waals surface area contributed by atoms with Gasteiger partial charge in [-0.3, -0.25) is 5.32 Å². The number of nitrogens with zero attached hydrogens (tertiary/aromatic N) is 4. The highest BCUT2D eigenvalue weighted by Crippen LogP contribution is 2.30. The third kappa shape index (κ3) is 4.32. The Morgan fingerprint density at radius 2 is 2.15 bits per heavy atom. The first-order valence-corrected chi connectivity index (χ1v) is 9.41. The Balaban J connectivity index is 1.51. The molecule has 0 radical (unpaired) electrons. The molecule has 3 aromatic rings. The van der Waals surface area contributed by atoms with Crippen molar-refractivity contribution in [2.45, 2.75) is 12.5 Å². The van der Waals surface area contributed by atoms with Crippen LogP contribution in [-0.2, 0) is 0 Å². The normalized spacial score (nSPS) is 16.6. The van der Waals surface area contributed by atoms with Crippen LogP contribution in [0.25, 0.3) is 10.2 Å². The van der Waals surface area contributed by atoms with Crippen molar-refractivity contribution in [2.24, 2.45) is 0 Å². The summed E-state index contributed by atoms with van der Waals surface area (Å²) in [7, 11) is 0. The summed E-state index contributed by atoms with van der Waals surface area (Å²) < 4.78 is 6.38. The summed E-state index contributed by atoms with van der Waals surface area (Å²) in [5.74, 6) is 1.61. The monoisotopic (exact) mass is 388 g/mol. The van der Waals surface area contributed by atoms with Gasteiger partial charge in [0.1, 0.15) is 12.4 Å². The van der Waals surface area contributed by atoms with E-state index < -0.39 is 0 Å². The van der Waals surface area contributed by atoms with E-state index in [1.54, 1.807) is 0 Å². The second kappa shape index (κ2) is 7.86. The maximum absolute atomic E-state index is 8.86. The van der Waals surface area contributed by atoms with E-state index in [0.29, 0.717) is 22.8 Å². The molecule has 1 unspecified atom stereocenters. The van der Waals surface area contributed by atoms with E-state index in [9.17, 15) is 0 Å². The number of aliphatic hydroxyl groups is 1. The highest BCUT2D eigenvalue weighted by Gasteiger charge is 2.16. The smallest absolute Gasteiger partial charge is 0.235 e. The largest absolute Gasteiger partial charge is 0.491 e. The molecule has 142 valence electrons. The standard InChI is InChI=1S/C16H20N8O2S/c17-13-21-14(19-9-3-4-18-8-9)23-15(22-13)24-16-20-11-2-1-10(26-6-5-25)7-12(11)27-16/h1-2,7,9,18,25H,3-6,8H2,(H4,17,19,20,21,22,23,24). The van der Waals surface area contributed by atoms with Crippen molar-refractivity contribution in [2.75, 3.05) is 42.7 Å². The second-order valence-electron chi connectivity index (χ2n) is 6.02. The predicted octanol–water partition coefficient (Wildman–Crippen LogP) is 0.952. The van der Waals surface area contributed by atoms with Gasteiger partial charge in [0, 0.05) is 12.6 Å². The molecule has 0 saturated carbocycles. The molecule has 0 bridgehead atoms. The van der Waals surface area contributed by atoms with Crippen LogP contribution in [0.15, 0.2) is 18.2 Å². The Morgan fingerprint density at radius 3 is 2.96 bits per heavy atom. The summed E-state index contributed by atoms with van der Waals surface area (Å²) in [5.41, 5.74) is 6.65. The quantitative estimate of drug-likeness (QED) is 0.397. The fraction of sp³-hybridized carbons (Fsp3) is 0.375. The van der Waals surface area contributed by atoms with Gasteiger partial charge in [0.2, 0.25) is 17.8 Å². The summed E-state index contributed by atoms with van der Waals surface area (Å²) in [5, 5.41) is 19.1.